The number of ether oxygens (including phenoxy) is 1. The van der Waals surface area contributed by atoms with E-state index in [4.69, 9.17) is 4.74 Å². The molecule has 0 saturated heterocycles. The molecule has 9 heteroatoms. The van der Waals surface area contributed by atoms with Crippen LogP contribution in [-0.4, -0.2) is 48.3 Å². The van der Waals surface area contributed by atoms with Crippen molar-refractivity contribution in [1.29, 1.82) is 0 Å². The molecule has 4 rings (SSSR count). The van der Waals surface area contributed by atoms with Crippen molar-refractivity contribution in [3.05, 3.63) is 78.4 Å². The highest BCUT2D eigenvalue weighted by atomic mass is 16.6. The maximum Gasteiger partial charge on any atom is 0.408 e. The van der Waals surface area contributed by atoms with Gasteiger partial charge >= 0.3 is 12.1 Å². The minimum Gasteiger partial charge on any atom is -0.480 e. The SMILES string of the molecule is CC(C)(C)OC(=O)N[C@@H](Cc1ccc(-c2ncnc3c2ncn3Cc2ccccc2)cc1)C(=O)O. The fraction of sp³-hybridized carbons (Fsp3) is 0.269. The van der Waals surface area contributed by atoms with Crippen molar-refractivity contribution in [2.24, 2.45) is 0 Å². The Balaban J connectivity index is 1.51. The van der Waals surface area contributed by atoms with Crippen LogP contribution in [-0.2, 0) is 22.5 Å². The van der Waals surface area contributed by atoms with Gasteiger partial charge in [0.1, 0.15) is 29.2 Å². The number of hydrogen-bond acceptors (Lipinski definition) is 6. The van der Waals surface area contributed by atoms with Crippen LogP contribution in [0.25, 0.3) is 22.4 Å². The van der Waals surface area contributed by atoms with Gasteiger partial charge in [0.15, 0.2) is 5.65 Å². The zero-order chi connectivity index (χ0) is 25.0. The standard InChI is InChI=1S/C26H27N5O4/c1-26(2,3)35-25(34)30-20(24(32)33)13-17-9-11-19(12-10-17)21-22-23(28-15-27-21)31(16-29-22)14-18-7-5-4-6-8-18/h4-12,15-16,20H,13-14H2,1-3H3,(H,30,34)(H,32,33)/t20-/m0/s1. The van der Waals surface area contributed by atoms with E-state index in [9.17, 15) is 14.7 Å². The molecule has 9 nitrogen and oxygen atoms in total. The predicted molar refractivity (Wildman–Crippen MR) is 131 cm³/mol. The number of carboxylic acids is 1. The highest BCUT2D eigenvalue weighted by molar-refractivity contribution is 5.87. The molecule has 1 atom stereocenters. The van der Waals surface area contributed by atoms with Crippen molar-refractivity contribution in [2.75, 3.05) is 0 Å². The van der Waals surface area contributed by atoms with Gasteiger partial charge in [0.25, 0.3) is 0 Å². The van der Waals surface area contributed by atoms with Crippen LogP contribution in [0, 0.1) is 0 Å². The highest BCUT2D eigenvalue weighted by Gasteiger charge is 2.24. The molecule has 2 aromatic heterocycles. The van der Waals surface area contributed by atoms with E-state index in [0.717, 1.165) is 22.3 Å². The molecule has 0 aliphatic rings. The second kappa shape index (κ2) is 9.92. The van der Waals surface area contributed by atoms with Gasteiger partial charge in [-0.25, -0.2) is 24.5 Å². The molecule has 0 fully saturated rings. The minimum atomic E-state index is -1.14. The lowest BCUT2D eigenvalue weighted by molar-refractivity contribution is -0.139. The zero-order valence-corrected chi connectivity index (χ0v) is 19.8. The monoisotopic (exact) mass is 473 g/mol. The average molecular weight is 474 g/mol. The summed E-state index contributed by atoms with van der Waals surface area (Å²) in [5.74, 6) is -1.14. The largest absolute Gasteiger partial charge is 0.480 e. The second-order valence-electron chi connectivity index (χ2n) is 9.19. The summed E-state index contributed by atoms with van der Waals surface area (Å²) >= 11 is 0. The molecule has 0 bridgehead atoms. The molecule has 4 aromatic rings. The Morgan fingerprint density at radius 3 is 2.37 bits per heavy atom. The summed E-state index contributed by atoms with van der Waals surface area (Å²) in [5.41, 5.74) is 4.11. The lowest BCUT2D eigenvalue weighted by Crippen LogP contribution is -2.44. The molecule has 0 unspecified atom stereocenters. The van der Waals surface area contributed by atoms with Gasteiger partial charge < -0.3 is 19.7 Å². The molecule has 0 saturated carbocycles. The predicted octanol–water partition coefficient (Wildman–Crippen LogP) is 4.06. The summed E-state index contributed by atoms with van der Waals surface area (Å²) in [6, 6.07) is 16.3. The number of fused-ring (bicyclic) bond motifs is 1. The van der Waals surface area contributed by atoms with Crippen molar-refractivity contribution >= 4 is 23.2 Å². The zero-order valence-electron chi connectivity index (χ0n) is 19.8. The number of amides is 1. The Hall–Kier alpha value is -4.27. The maximum atomic E-state index is 12.0. The molecular weight excluding hydrogens is 446 g/mol. The Labute approximate surface area is 202 Å². The minimum absolute atomic E-state index is 0.111. The van der Waals surface area contributed by atoms with Gasteiger partial charge in [0.2, 0.25) is 0 Å². The number of alkyl carbamates (subject to hydrolysis) is 1. The van der Waals surface area contributed by atoms with E-state index in [1.54, 1.807) is 27.1 Å². The molecular formula is C26H27N5O4. The fourth-order valence-electron chi connectivity index (χ4n) is 3.67. The lowest BCUT2D eigenvalue weighted by Gasteiger charge is -2.22. The Bertz CT molecular complexity index is 1330. The topological polar surface area (TPSA) is 119 Å². The number of carbonyl (C=O) groups is 2. The first-order chi connectivity index (χ1) is 16.7. The molecule has 2 aromatic carbocycles. The maximum absolute atomic E-state index is 12.0. The lowest BCUT2D eigenvalue weighted by atomic mass is 10.0. The summed E-state index contributed by atoms with van der Waals surface area (Å²) in [5, 5.41) is 12.0. The number of nitrogens with zero attached hydrogens (tertiary/aromatic N) is 4. The van der Waals surface area contributed by atoms with E-state index < -0.39 is 23.7 Å². The number of carboxylic acid groups (broad SMARTS) is 1. The van der Waals surface area contributed by atoms with Gasteiger partial charge in [-0.15, -0.1) is 0 Å². The third-order valence-corrected chi connectivity index (χ3v) is 5.25. The van der Waals surface area contributed by atoms with Crippen LogP contribution in [0.5, 0.6) is 0 Å². The van der Waals surface area contributed by atoms with E-state index in [1.165, 1.54) is 6.33 Å². The normalized spacial score (nSPS) is 12.3. The van der Waals surface area contributed by atoms with Gasteiger partial charge in [-0.2, -0.15) is 0 Å². The molecule has 0 aliphatic heterocycles. The number of benzene rings is 2. The summed E-state index contributed by atoms with van der Waals surface area (Å²) in [7, 11) is 0. The quantitative estimate of drug-likeness (QED) is 0.415. The van der Waals surface area contributed by atoms with E-state index in [2.05, 4.69) is 32.4 Å². The third-order valence-electron chi connectivity index (χ3n) is 5.25. The molecule has 1 amide bonds. The molecule has 0 aliphatic carbocycles. The Morgan fingerprint density at radius 2 is 1.71 bits per heavy atom. The van der Waals surface area contributed by atoms with Crippen LogP contribution in [0.2, 0.25) is 0 Å². The summed E-state index contributed by atoms with van der Waals surface area (Å²) in [6.45, 7) is 5.80. The second-order valence-corrected chi connectivity index (χ2v) is 9.19. The first kappa shape index (κ1) is 23.9. The number of imidazole rings is 1. The number of carbonyl (C=O) groups excluding carboxylic acids is 1. The molecule has 180 valence electrons. The summed E-state index contributed by atoms with van der Waals surface area (Å²) in [6.07, 6.45) is 2.61. The van der Waals surface area contributed by atoms with Crippen molar-refractivity contribution in [1.82, 2.24) is 24.8 Å². The Kier molecular flexibility index (Phi) is 6.77. The van der Waals surface area contributed by atoms with E-state index in [0.29, 0.717) is 17.8 Å². The number of aliphatic carboxylic acids is 1. The van der Waals surface area contributed by atoms with E-state index >= 15 is 0 Å². The van der Waals surface area contributed by atoms with Gasteiger partial charge in [-0.3, -0.25) is 0 Å². The number of aromatic nitrogens is 4. The van der Waals surface area contributed by atoms with Gasteiger partial charge in [0, 0.05) is 12.0 Å². The number of nitrogens with one attached hydrogen (secondary N) is 1. The highest BCUT2D eigenvalue weighted by Crippen LogP contribution is 2.25. The van der Waals surface area contributed by atoms with Gasteiger partial charge in [0.05, 0.1) is 12.9 Å². The van der Waals surface area contributed by atoms with E-state index in [1.807, 2.05) is 47.0 Å². The van der Waals surface area contributed by atoms with Gasteiger partial charge in [-0.1, -0.05) is 54.6 Å². The molecule has 0 radical (unpaired) electrons. The first-order valence-corrected chi connectivity index (χ1v) is 11.2. The van der Waals surface area contributed by atoms with Crippen molar-refractivity contribution in [3.8, 4) is 11.3 Å². The molecule has 0 spiro atoms. The molecule has 35 heavy (non-hydrogen) atoms. The van der Waals surface area contributed by atoms with Crippen molar-refractivity contribution in [2.45, 2.75) is 45.4 Å². The van der Waals surface area contributed by atoms with Crippen LogP contribution in [0.1, 0.15) is 31.9 Å². The van der Waals surface area contributed by atoms with Crippen LogP contribution in [0.4, 0.5) is 4.79 Å². The van der Waals surface area contributed by atoms with Crippen molar-refractivity contribution < 1.29 is 19.4 Å². The van der Waals surface area contributed by atoms with Crippen LogP contribution >= 0.6 is 0 Å². The number of rotatable bonds is 7. The number of hydrogen-bond donors (Lipinski definition) is 2. The summed E-state index contributed by atoms with van der Waals surface area (Å²) < 4.78 is 7.15. The van der Waals surface area contributed by atoms with Crippen LogP contribution in [0.3, 0.4) is 0 Å². The Morgan fingerprint density at radius 1 is 1.00 bits per heavy atom. The molecule has 2 heterocycles. The summed E-state index contributed by atoms with van der Waals surface area (Å²) in [4.78, 5) is 37.1. The molecule has 2 N–H and O–H groups in total. The van der Waals surface area contributed by atoms with Crippen LogP contribution < -0.4 is 5.32 Å². The van der Waals surface area contributed by atoms with Crippen molar-refractivity contribution in [3.63, 3.8) is 0 Å². The third kappa shape index (κ3) is 6.00. The first-order valence-electron chi connectivity index (χ1n) is 11.2. The van der Waals surface area contributed by atoms with E-state index in [-0.39, 0.29) is 6.42 Å². The fourth-order valence-corrected chi connectivity index (χ4v) is 3.67. The van der Waals surface area contributed by atoms with Gasteiger partial charge in [-0.05, 0) is 31.9 Å². The smallest absolute Gasteiger partial charge is 0.408 e. The van der Waals surface area contributed by atoms with Crippen LogP contribution in [0.15, 0.2) is 67.3 Å². The average Bonchev–Trinajstić information content (AvgIpc) is 3.21.